The van der Waals surface area contributed by atoms with E-state index in [0.717, 1.165) is 146 Å². The lowest BCUT2D eigenvalue weighted by Crippen LogP contribution is -2.35. The molecule has 6 aromatic rings. The van der Waals surface area contributed by atoms with Crippen LogP contribution >= 0.6 is 93.3 Å². The fraction of sp³-hybridized carbons (Fsp3) is 0.623. The Morgan fingerprint density at radius 3 is 0.738 bits per heavy atom. The quantitative estimate of drug-likeness (QED) is 0.0294. The maximum atomic E-state index is 16.6. The molecule has 4 amide bonds. The molecule has 10 rings (SSSR count). The van der Waals surface area contributed by atoms with Crippen molar-refractivity contribution in [2.75, 3.05) is 26.2 Å². The summed E-state index contributed by atoms with van der Waals surface area (Å²) in [5.74, 6) is 0.791. The van der Waals surface area contributed by atoms with Crippen LogP contribution in [0.5, 0.6) is 0 Å². The molecular weight excluding hydrogens is 1650 g/mol. The number of thiophene rings is 6. The minimum Gasteiger partial charge on any atom is -0.306 e. The van der Waals surface area contributed by atoms with E-state index in [1.54, 1.807) is 45.3 Å². The number of allylic oxidation sites excluding steroid dienone is 2. The number of hydrogen-bond acceptors (Lipinski definition) is 12. The van der Waals surface area contributed by atoms with Gasteiger partial charge in [0.1, 0.15) is 0 Å². The van der Waals surface area contributed by atoms with Crippen molar-refractivity contribution in [1.82, 2.24) is 19.6 Å². The van der Waals surface area contributed by atoms with Crippen molar-refractivity contribution in [1.29, 1.82) is 0 Å². The van der Waals surface area contributed by atoms with E-state index < -0.39 is 0 Å². The van der Waals surface area contributed by atoms with Crippen LogP contribution in [0.25, 0.3) is 50.4 Å². The molecule has 670 valence electrons. The number of rotatable bonds is 67. The highest BCUT2D eigenvalue weighted by Gasteiger charge is 2.52. The summed E-state index contributed by atoms with van der Waals surface area (Å²) in [7, 11) is 0. The summed E-state index contributed by atoms with van der Waals surface area (Å²) in [6.07, 6.45) is 61.5. The molecule has 6 aromatic heterocycles. The van der Waals surface area contributed by atoms with Gasteiger partial charge in [0, 0.05) is 75.0 Å². The first-order valence-electron chi connectivity index (χ1n) is 49.3. The Bertz CT molecular complexity index is 4030. The second kappa shape index (κ2) is 55.2. The molecular formula is C106H154N4O4S8. The van der Waals surface area contributed by atoms with E-state index in [-0.39, 0.29) is 47.3 Å². The van der Waals surface area contributed by atoms with Gasteiger partial charge in [0.15, 0.2) is 0 Å². The highest BCUT2D eigenvalue weighted by molar-refractivity contribution is 7.85. The van der Waals surface area contributed by atoms with E-state index in [1.807, 2.05) is 32.5 Å². The number of fused-ring (bicyclic) bond motifs is 2. The van der Waals surface area contributed by atoms with E-state index in [2.05, 4.69) is 161 Å². The van der Waals surface area contributed by atoms with Crippen LogP contribution in [-0.4, -0.2) is 69.4 Å². The summed E-state index contributed by atoms with van der Waals surface area (Å²) >= 11 is 21.8. The molecule has 4 aliphatic rings. The number of amides is 4. The van der Waals surface area contributed by atoms with Crippen LogP contribution < -0.4 is 0 Å². The van der Waals surface area contributed by atoms with Gasteiger partial charge in [-0.1, -0.05) is 337 Å². The number of unbranched alkanes of at least 4 members (excludes halogenated alkanes) is 33. The lowest BCUT2D eigenvalue weighted by molar-refractivity contribution is -0.125. The third-order valence-corrected chi connectivity index (χ3v) is 33.8. The fourth-order valence-electron chi connectivity index (χ4n) is 19.0. The SMILES string of the molecule is CCCCCCCCC(CCCCCC)CN1C(=O)C2=C(c3ccc(-c4ccc(-c5cccs5)s4)s3)N(CC(CCCCCC)CCCCCCCC)C(=O)C2=C1/C(S)=C/CC/C=C(\S)C1=C2C(=O)N(CC(CCCCCC)CCCCCCCC)C(c3ccc(-c4ccc(-c5cccs5)s4)s3)=C2C(=O)N1CC(CCCCCC)CCCCCCCC. The highest BCUT2D eigenvalue weighted by Crippen LogP contribution is 2.53. The third-order valence-electron chi connectivity index (χ3n) is 26.1. The predicted octanol–water partition coefficient (Wildman–Crippen LogP) is 34.5. The first-order chi connectivity index (χ1) is 59.8. The number of carbonyl (C=O) groups excluding carboxylic acids is 4. The molecule has 4 unspecified atom stereocenters. The van der Waals surface area contributed by atoms with Crippen molar-refractivity contribution in [2.24, 2.45) is 23.7 Å². The lowest BCUT2D eigenvalue weighted by atomic mass is 9.93. The predicted molar refractivity (Wildman–Crippen MR) is 541 cm³/mol. The zero-order valence-corrected chi connectivity index (χ0v) is 83.2. The van der Waals surface area contributed by atoms with Crippen molar-refractivity contribution >= 4 is 128 Å². The van der Waals surface area contributed by atoms with Crippen molar-refractivity contribution in [3.05, 3.63) is 149 Å². The Morgan fingerprint density at radius 2 is 0.484 bits per heavy atom. The molecule has 0 spiro atoms. The van der Waals surface area contributed by atoms with Gasteiger partial charge in [0.2, 0.25) is 0 Å². The summed E-state index contributed by atoms with van der Waals surface area (Å²) in [4.78, 5) is 87.4. The molecule has 0 fully saturated rings. The molecule has 4 atom stereocenters. The van der Waals surface area contributed by atoms with E-state index >= 15 is 19.2 Å². The Hall–Kier alpha value is -4.78. The minimum atomic E-state index is -0.0711. The van der Waals surface area contributed by atoms with Crippen molar-refractivity contribution in [3.8, 4) is 39.0 Å². The first kappa shape index (κ1) is 99.4. The Labute approximate surface area is 774 Å². The van der Waals surface area contributed by atoms with Crippen LogP contribution in [0.1, 0.15) is 386 Å². The summed E-state index contributed by atoms with van der Waals surface area (Å²) in [5, 5.41) is 4.29. The lowest BCUT2D eigenvalue weighted by Gasteiger charge is -2.30. The monoisotopic (exact) mass is 1800 g/mol. The summed E-state index contributed by atoms with van der Waals surface area (Å²) in [5.41, 5.74) is 5.01. The van der Waals surface area contributed by atoms with Gasteiger partial charge < -0.3 is 19.6 Å². The molecule has 4 aliphatic heterocycles. The standard InChI is InChI=1S/C106H154N4O4S8/c1-9-17-25-33-37-45-57-79(53-41-29-21-13-5)75-107-99(95-97(105(107)113)101(93-71-69-91(121-93)89-67-65-87(119-89)85-63-51-73-117-85)109(103(95)111)77-81(55-43-31-23-15-7)59-47-39-35-27-19-11-3)83(115)61-49-50-62-84(116)100-96-98(106(114)108(100)76-80(54-42-30-22-14-6)58-46-38-34-26-18-10-2)102(94-72-70-92(122-94)90-68-66-88(120-90)86-64-52-74-118-86)110(104(96)112)78-82(56-44-32-24-16-8)60-48-40-36-28-20-12-4/h51-52,61-74,79-82,115-116H,9-50,53-60,75-78H2,1-8H3/b83-61-,84-62-. The van der Waals surface area contributed by atoms with Gasteiger partial charge in [0.05, 0.1) is 54.8 Å². The summed E-state index contributed by atoms with van der Waals surface area (Å²) < 4.78 is 0. The Kier molecular flexibility index (Phi) is 44.9. The number of carbonyl (C=O) groups is 4. The van der Waals surface area contributed by atoms with Crippen molar-refractivity contribution in [2.45, 2.75) is 376 Å². The van der Waals surface area contributed by atoms with Gasteiger partial charge in [-0.15, -0.1) is 93.3 Å². The molecule has 0 saturated heterocycles. The smallest absolute Gasteiger partial charge is 0.261 e. The van der Waals surface area contributed by atoms with E-state index in [1.165, 1.54) is 222 Å². The highest BCUT2D eigenvalue weighted by atomic mass is 32.1. The molecule has 0 saturated carbocycles. The van der Waals surface area contributed by atoms with Crippen LogP contribution in [0.15, 0.2) is 139 Å². The normalized spacial score (nSPS) is 15.8. The molecule has 0 N–H and O–H groups in total. The van der Waals surface area contributed by atoms with Crippen molar-refractivity contribution < 1.29 is 19.2 Å². The van der Waals surface area contributed by atoms with Gasteiger partial charge in [-0.3, -0.25) is 19.2 Å². The molecule has 0 aromatic carbocycles. The second-order valence-corrected chi connectivity index (χ2v) is 43.2. The topological polar surface area (TPSA) is 81.2 Å². The first-order valence-corrected chi connectivity index (χ1v) is 55.3. The van der Waals surface area contributed by atoms with Crippen LogP contribution in [0.2, 0.25) is 0 Å². The van der Waals surface area contributed by atoms with E-state index in [4.69, 9.17) is 25.3 Å². The zero-order valence-electron chi connectivity index (χ0n) is 76.5. The van der Waals surface area contributed by atoms with Gasteiger partial charge in [-0.2, -0.15) is 0 Å². The maximum absolute atomic E-state index is 16.6. The zero-order chi connectivity index (χ0) is 86.2. The van der Waals surface area contributed by atoms with Gasteiger partial charge in [-0.05, 0) is 159 Å². The van der Waals surface area contributed by atoms with E-state index in [0.29, 0.717) is 82.5 Å². The fourth-order valence-corrected chi connectivity index (χ4v) is 25.8. The molecule has 16 heteroatoms. The average molecular weight is 1800 g/mol. The van der Waals surface area contributed by atoms with Crippen molar-refractivity contribution in [3.63, 3.8) is 0 Å². The Morgan fingerprint density at radius 1 is 0.270 bits per heavy atom. The Balaban J connectivity index is 1.08. The largest absolute Gasteiger partial charge is 0.306 e. The van der Waals surface area contributed by atoms with Crippen LogP contribution in [0, 0.1) is 23.7 Å². The van der Waals surface area contributed by atoms with E-state index in [9.17, 15) is 0 Å². The van der Waals surface area contributed by atoms with Crippen LogP contribution in [0.3, 0.4) is 0 Å². The second-order valence-electron chi connectivity index (χ2n) is 36.0. The maximum Gasteiger partial charge on any atom is 0.261 e. The van der Waals surface area contributed by atoms with Crippen LogP contribution in [-0.2, 0) is 19.2 Å². The summed E-state index contributed by atoms with van der Waals surface area (Å²) in [6, 6.07) is 26.5. The van der Waals surface area contributed by atoms with Crippen LogP contribution in [0.4, 0.5) is 0 Å². The number of hydrogen-bond donors (Lipinski definition) is 2. The molecule has 8 nitrogen and oxygen atoms in total. The molecule has 0 bridgehead atoms. The van der Waals surface area contributed by atoms with Gasteiger partial charge in [0.25, 0.3) is 23.6 Å². The molecule has 0 radical (unpaired) electrons. The molecule has 0 aliphatic carbocycles. The van der Waals surface area contributed by atoms with Gasteiger partial charge >= 0.3 is 0 Å². The molecule has 122 heavy (non-hydrogen) atoms. The minimum absolute atomic E-state index is 0.0711. The number of nitrogens with zero attached hydrogens (tertiary/aromatic N) is 4. The number of thiol groups is 2. The van der Waals surface area contributed by atoms with Gasteiger partial charge in [-0.25, -0.2) is 0 Å². The average Bonchev–Trinajstić information content (AvgIpc) is 1.56. The molecule has 10 heterocycles. The third kappa shape index (κ3) is 28.9. The summed E-state index contributed by atoms with van der Waals surface area (Å²) in [6.45, 7) is 20.5.